The summed E-state index contributed by atoms with van der Waals surface area (Å²) in [5.74, 6) is -0.155. The van der Waals surface area contributed by atoms with Crippen LogP contribution in [0.15, 0.2) is 23.1 Å². The van der Waals surface area contributed by atoms with Crippen LogP contribution in [0, 0.1) is 0 Å². The van der Waals surface area contributed by atoms with E-state index < -0.39 is 10.0 Å². The lowest BCUT2D eigenvalue weighted by Gasteiger charge is -2.27. The zero-order chi connectivity index (χ0) is 15.5. The highest BCUT2D eigenvalue weighted by Gasteiger charge is 2.21. The van der Waals surface area contributed by atoms with Crippen molar-refractivity contribution in [2.75, 3.05) is 20.2 Å². The molecule has 7 heteroatoms. The van der Waals surface area contributed by atoms with E-state index in [1.165, 1.54) is 19.2 Å². The molecule has 0 aromatic heterocycles. The Balaban J connectivity index is 2.37. The molecule has 21 heavy (non-hydrogen) atoms. The normalized spacial score (nSPS) is 16.0. The Morgan fingerprint density at radius 3 is 2.48 bits per heavy atom. The summed E-state index contributed by atoms with van der Waals surface area (Å²) in [6, 6.07) is 4.44. The molecule has 2 N–H and O–H groups in total. The highest BCUT2D eigenvalue weighted by molar-refractivity contribution is 7.89. The summed E-state index contributed by atoms with van der Waals surface area (Å²) >= 11 is 0. The molecule has 0 radical (unpaired) electrons. The van der Waals surface area contributed by atoms with E-state index in [0.29, 0.717) is 24.2 Å². The largest absolute Gasteiger partial charge is 0.380 e. The number of nitrogens with two attached hydrogens (primary N) is 1. The summed E-state index contributed by atoms with van der Waals surface area (Å²) in [6.07, 6.45) is 3.08. The summed E-state index contributed by atoms with van der Waals surface area (Å²) in [5.41, 5.74) is 0.958. The third-order valence-corrected chi connectivity index (χ3v) is 4.39. The molecule has 0 spiro atoms. The van der Waals surface area contributed by atoms with Gasteiger partial charge in [-0.2, -0.15) is 0 Å². The molecule has 6 nitrogen and oxygen atoms in total. The molecule has 1 amide bonds. The molecule has 0 saturated carbocycles. The predicted molar refractivity (Wildman–Crippen MR) is 78.3 cm³/mol. The van der Waals surface area contributed by atoms with Crippen molar-refractivity contribution >= 4 is 15.9 Å². The van der Waals surface area contributed by atoms with E-state index in [-0.39, 0.29) is 17.4 Å². The average Bonchev–Trinajstić information content (AvgIpc) is 2.46. The zero-order valence-corrected chi connectivity index (χ0v) is 12.9. The smallest absolute Gasteiger partial charge is 0.253 e. The fourth-order valence-corrected chi connectivity index (χ4v) is 3.08. The van der Waals surface area contributed by atoms with Crippen molar-refractivity contribution in [3.8, 4) is 0 Å². The van der Waals surface area contributed by atoms with Crippen molar-refractivity contribution in [2.45, 2.75) is 30.8 Å². The molecule has 0 unspecified atom stereocenters. The van der Waals surface area contributed by atoms with Gasteiger partial charge in [0.1, 0.15) is 0 Å². The van der Waals surface area contributed by atoms with Crippen LogP contribution in [0.3, 0.4) is 0 Å². The quantitative estimate of drug-likeness (QED) is 0.901. The number of sulfonamides is 1. The lowest BCUT2D eigenvalue weighted by molar-refractivity contribution is 0.0723. The molecule has 116 valence electrons. The number of ether oxygens (including phenoxy) is 1. The molecule has 1 fully saturated rings. The van der Waals surface area contributed by atoms with Crippen molar-refractivity contribution in [3.63, 3.8) is 0 Å². The highest BCUT2D eigenvalue weighted by atomic mass is 32.2. The summed E-state index contributed by atoms with van der Waals surface area (Å²) < 4.78 is 28.1. The molecular weight excluding hydrogens is 292 g/mol. The van der Waals surface area contributed by atoms with Gasteiger partial charge >= 0.3 is 0 Å². The van der Waals surface area contributed by atoms with Gasteiger partial charge in [-0.05, 0) is 43.0 Å². The van der Waals surface area contributed by atoms with Crippen molar-refractivity contribution in [1.82, 2.24) is 4.90 Å². The Hall–Kier alpha value is -1.44. The van der Waals surface area contributed by atoms with Gasteiger partial charge in [-0.25, -0.2) is 13.6 Å². The Labute approximate surface area is 124 Å². The number of carbonyl (C=O) groups is 1. The third-order valence-electron chi connectivity index (χ3n) is 3.50. The van der Waals surface area contributed by atoms with E-state index in [0.717, 1.165) is 19.3 Å². The maximum absolute atomic E-state index is 12.5. The van der Waals surface area contributed by atoms with Crippen LogP contribution < -0.4 is 5.14 Å². The van der Waals surface area contributed by atoms with Gasteiger partial charge in [0, 0.05) is 25.8 Å². The van der Waals surface area contributed by atoms with Gasteiger partial charge in [-0.1, -0.05) is 0 Å². The van der Waals surface area contributed by atoms with Crippen molar-refractivity contribution in [2.24, 2.45) is 5.14 Å². The molecule has 1 saturated heterocycles. The number of likely N-dealkylation sites (tertiary alicyclic amines) is 1. The lowest BCUT2D eigenvalue weighted by Crippen LogP contribution is -2.35. The minimum absolute atomic E-state index is 0.0580. The standard InChI is InChI=1S/C14H20N2O4S/c1-20-10-11-7-12(9-13(8-11)21(15,18)19)14(17)16-5-3-2-4-6-16/h7-9H,2-6,10H2,1H3,(H2,15,18,19). The van der Waals surface area contributed by atoms with Crippen LogP contribution in [0.2, 0.25) is 0 Å². The van der Waals surface area contributed by atoms with Gasteiger partial charge in [0.15, 0.2) is 0 Å². The molecular formula is C14H20N2O4S. The number of methoxy groups -OCH3 is 1. The first-order valence-electron chi connectivity index (χ1n) is 6.87. The fourth-order valence-electron chi connectivity index (χ4n) is 2.48. The Kier molecular flexibility index (Phi) is 4.97. The maximum Gasteiger partial charge on any atom is 0.253 e. The second-order valence-electron chi connectivity index (χ2n) is 5.20. The number of carbonyl (C=O) groups excluding carboxylic acids is 1. The van der Waals surface area contributed by atoms with Crippen LogP contribution in [0.5, 0.6) is 0 Å². The first-order valence-corrected chi connectivity index (χ1v) is 8.41. The molecule has 1 aromatic rings. The molecule has 2 rings (SSSR count). The van der Waals surface area contributed by atoms with E-state index in [9.17, 15) is 13.2 Å². The molecule has 1 heterocycles. The summed E-state index contributed by atoms with van der Waals surface area (Å²) in [4.78, 5) is 14.2. The van der Waals surface area contributed by atoms with Crippen LogP contribution in [0.1, 0.15) is 35.2 Å². The summed E-state index contributed by atoms with van der Waals surface area (Å²) in [7, 11) is -2.35. The van der Waals surface area contributed by atoms with Gasteiger partial charge in [-0.3, -0.25) is 4.79 Å². The third kappa shape index (κ3) is 4.03. The van der Waals surface area contributed by atoms with E-state index in [1.807, 2.05) is 0 Å². The van der Waals surface area contributed by atoms with Crippen molar-refractivity contribution in [1.29, 1.82) is 0 Å². The second-order valence-corrected chi connectivity index (χ2v) is 6.76. The van der Waals surface area contributed by atoms with Crippen molar-refractivity contribution in [3.05, 3.63) is 29.3 Å². The minimum Gasteiger partial charge on any atom is -0.380 e. The van der Waals surface area contributed by atoms with Gasteiger partial charge in [0.25, 0.3) is 5.91 Å². The number of primary sulfonamides is 1. The molecule has 1 aliphatic rings. The van der Waals surface area contributed by atoms with Crippen LogP contribution >= 0.6 is 0 Å². The van der Waals surface area contributed by atoms with Gasteiger partial charge < -0.3 is 9.64 Å². The number of piperidine rings is 1. The van der Waals surface area contributed by atoms with Gasteiger partial charge in [-0.15, -0.1) is 0 Å². The Morgan fingerprint density at radius 1 is 1.24 bits per heavy atom. The van der Waals surface area contributed by atoms with E-state index in [2.05, 4.69) is 0 Å². The average molecular weight is 312 g/mol. The van der Waals surface area contributed by atoms with Crippen LogP contribution in [0.25, 0.3) is 0 Å². The number of hydrogen-bond acceptors (Lipinski definition) is 4. The number of rotatable bonds is 4. The second kappa shape index (κ2) is 6.55. The number of benzene rings is 1. The van der Waals surface area contributed by atoms with E-state index in [4.69, 9.17) is 9.88 Å². The predicted octanol–water partition coefficient (Wildman–Crippen LogP) is 1.11. The van der Waals surface area contributed by atoms with Crippen LogP contribution in [-0.2, 0) is 21.4 Å². The SMILES string of the molecule is COCc1cc(C(=O)N2CCCCC2)cc(S(N)(=O)=O)c1. The molecule has 1 aromatic carbocycles. The topological polar surface area (TPSA) is 89.7 Å². The summed E-state index contributed by atoms with van der Waals surface area (Å²) in [6.45, 7) is 1.64. The van der Waals surface area contributed by atoms with Crippen LogP contribution in [0.4, 0.5) is 0 Å². The molecule has 0 bridgehead atoms. The summed E-state index contributed by atoms with van der Waals surface area (Å²) in [5, 5.41) is 5.18. The Morgan fingerprint density at radius 2 is 1.90 bits per heavy atom. The monoisotopic (exact) mass is 312 g/mol. The number of hydrogen-bond donors (Lipinski definition) is 1. The minimum atomic E-state index is -3.86. The molecule has 1 aliphatic heterocycles. The number of amides is 1. The first kappa shape index (κ1) is 15.9. The zero-order valence-electron chi connectivity index (χ0n) is 12.0. The Bertz CT molecular complexity index is 622. The van der Waals surface area contributed by atoms with Gasteiger partial charge in [0.05, 0.1) is 11.5 Å². The van der Waals surface area contributed by atoms with Crippen molar-refractivity contribution < 1.29 is 17.9 Å². The maximum atomic E-state index is 12.5. The lowest BCUT2D eigenvalue weighted by atomic mass is 10.1. The first-order chi connectivity index (χ1) is 9.91. The van der Waals surface area contributed by atoms with Gasteiger partial charge in [0.2, 0.25) is 10.0 Å². The fraction of sp³-hybridized carbons (Fsp3) is 0.500. The highest BCUT2D eigenvalue weighted by Crippen LogP contribution is 2.19. The van der Waals surface area contributed by atoms with E-state index in [1.54, 1.807) is 11.0 Å². The number of nitrogens with zero attached hydrogens (tertiary/aromatic N) is 1. The molecule has 0 aliphatic carbocycles. The molecule has 0 atom stereocenters. The van der Waals surface area contributed by atoms with Crippen LogP contribution in [-0.4, -0.2) is 39.4 Å². The van der Waals surface area contributed by atoms with E-state index >= 15 is 0 Å².